The summed E-state index contributed by atoms with van der Waals surface area (Å²) in [4.78, 5) is 2.46. The van der Waals surface area contributed by atoms with Gasteiger partial charge >= 0.3 is 0 Å². The molecule has 3 heteroatoms. The Morgan fingerprint density at radius 2 is 2.26 bits per heavy atom. The first-order chi connectivity index (χ1) is 9.19. The zero-order valence-corrected chi connectivity index (χ0v) is 12.1. The van der Waals surface area contributed by atoms with Crippen molar-refractivity contribution in [2.45, 2.75) is 45.7 Å². The lowest BCUT2D eigenvalue weighted by Crippen LogP contribution is -2.37. The van der Waals surface area contributed by atoms with Crippen LogP contribution in [0.2, 0.25) is 0 Å². The topological polar surface area (TPSA) is 15.3 Å². The van der Waals surface area contributed by atoms with E-state index in [1.807, 2.05) is 6.07 Å². The van der Waals surface area contributed by atoms with Crippen LogP contribution in [0, 0.1) is 12.7 Å². The SMILES string of the molecule is CCCC1CN(Cc2cc(F)ccc2C)CCCN1. The van der Waals surface area contributed by atoms with Gasteiger partial charge in [0, 0.05) is 19.1 Å². The van der Waals surface area contributed by atoms with E-state index in [-0.39, 0.29) is 5.82 Å². The summed E-state index contributed by atoms with van der Waals surface area (Å²) in [6.07, 6.45) is 3.61. The predicted octanol–water partition coefficient (Wildman–Crippen LogP) is 3.10. The number of rotatable bonds is 4. The van der Waals surface area contributed by atoms with Gasteiger partial charge in [-0.05, 0) is 56.1 Å². The number of aryl methyl sites for hydroxylation is 1. The Kier molecular flexibility index (Phi) is 5.34. The van der Waals surface area contributed by atoms with Crippen LogP contribution >= 0.6 is 0 Å². The van der Waals surface area contributed by atoms with Gasteiger partial charge in [-0.2, -0.15) is 0 Å². The van der Waals surface area contributed by atoms with Gasteiger partial charge in [0.05, 0.1) is 0 Å². The van der Waals surface area contributed by atoms with E-state index in [4.69, 9.17) is 0 Å². The van der Waals surface area contributed by atoms with Crippen LogP contribution in [0.4, 0.5) is 4.39 Å². The average molecular weight is 264 g/mol. The van der Waals surface area contributed by atoms with Gasteiger partial charge in [0.25, 0.3) is 0 Å². The van der Waals surface area contributed by atoms with Crippen molar-refractivity contribution in [3.05, 3.63) is 35.1 Å². The molecule has 1 atom stereocenters. The van der Waals surface area contributed by atoms with E-state index in [0.29, 0.717) is 6.04 Å². The van der Waals surface area contributed by atoms with Crippen LogP contribution in [0.1, 0.15) is 37.3 Å². The van der Waals surface area contributed by atoms with Crippen LogP contribution in [0.15, 0.2) is 18.2 Å². The van der Waals surface area contributed by atoms with Crippen molar-refractivity contribution in [3.8, 4) is 0 Å². The van der Waals surface area contributed by atoms with E-state index < -0.39 is 0 Å². The Hall–Kier alpha value is -0.930. The molecular weight excluding hydrogens is 239 g/mol. The number of halogens is 1. The Morgan fingerprint density at radius 3 is 3.05 bits per heavy atom. The first-order valence-electron chi connectivity index (χ1n) is 7.40. The fourth-order valence-corrected chi connectivity index (χ4v) is 2.81. The molecule has 0 radical (unpaired) electrons. The van der Waals surface area contributed by atoms with Gasteiger partial charge in [0.1, 0.15) is 5.82 Å². The van der Waals surface area contributed by atoms with E-state index in [0.717, 1.165) is 31.7 Å². The highest BCUT2D eigenvalue weighted by Gasteiger charge is 2.17. The van der Waals surface area contributed by atoms with Crippen LogP contribution in [-0.4, -0.2) is 30.6 Å². The molecule has 1 aromatic carbocycles. The summed E-state index contributed by atoms with van der Waals surface area (Å²) in [6, 6.07) is 5.69. The maximum Gasteiger partial charge on any atom is 0.123 e. The lowest BCUT2D eigenvalue weighted by Gasteiger charge is -2.25. The maximum absolute atomic E-state index is 13.3. The fraction of sp³-hybridized carbons (Fsp3) is 0.625. The van der Waals surface area contributed by atoms with Crippen molar-refractivity contribution in [1.29, 1.82) is 0 Å². The molecule has 0 saturated carbocycles. The number of nitrogens with zero attached hydrogens (tertiary/aromatic N) is 1. The van der Waals surface area contributed by atoms with Crippen LogP contribution in [-0.2, 0) is 6.54 Å². The molecule has 0 bridgehead atoms. The van der Waals surface area contributed by atoms with Gasteiger partial charge < -0.3 is 5.32 Å². The van der Waals surface area contributed by atoms with Crippen molar-refractivity contribution in [2.75, 3.05) is 19.6 Å². The Morgan fingerprint density at radius 1 is 1.42 bits per heavy atom. The summed E-state index contributed by atoms with van der Waals surface area (Å²) >= 11 is 0. The van der Waals surface area contributed by atoms with Crippen LogP contribution in [0.25, 0.3) is 0 Å². The van der Waals surface area contributed by atoms with Gasteiger partial charge in [-0.25, -0.2) is 4.39 Å². The van der Waals surface area contributed by atoms with E-state index >= 15 is 0 Å². The van der Waals surface area contributed by atoms with Crippen LogP contribution in [0.3, 0.4) is 0 Å². The molecule has 0 spiro atoms. The van der Waals surface area contributed by atoms with Crippen molar-refractivity contribution < 1.29 is 4.39 Å². The number of hydrogen-bond donors (Lipinski definition) is 1. The summed E-state index contributed by atoms with van der Waals surface area (Å²) in [5.74, 6) is -0.126. The molecule has 0 amide bonds. The molecule has 2 nitrogen and oxygen atoms in total. The highest BCUT2D eigenvalue weighted by molar-refractivity contribution is 5.26. The second-order valence-corrected chi connectivity index (χ2v) is 5.60. The molecule has 1 N–H and O–H groups in total. The van der Waals surface area contributed by atoms with Crippen molar-refractivity contribution in [1.82, 2.24) is 10.2 Å². The third kappa shape index (κ3) is 4.29. The average Bonchev–Trinajstić information content (AvgIpc) is 2.60. The van der Waals surface area contributed by atoms with Gasteiger partial charge in [0.15, 0.2) is 0 Å². The van der Waals surface area contributed by atoms with Crippen LogP contribution < -0.4 is 5.32 Å². The smallest absolute Gasteiger partial charge is 0.123 e. The summed E-state index contributed by atoms with van der Waals surface area (Å²) in [5, 5.41) is 3.61. The second kappa shape index (κ2) is 7.01. The van der Waals surface area contributed by atoms with Gasteiger partial charge in [-0.15, -0.1) is 0 Å². The minimum atomic E-state index is -0.126. The van der Waals surface area contributed by atoms with E-state index in [2.05, 4.69) is 24.1 Å². The van der Waals surface area contributed by atoms with E-state index in [9.17, 15) is 4.39 Å². The molecule has 1 saturated heterocycles. The summed E-state index contributed by atoms with van der Waals surface area (Å²) in [6.45, 7) is 8.43. The van der Waals surface area contributed by atoms with E-state index in [1.54, 1.807) is 12.1 Å². The highest BCUT2D eigenvalue weighted by atomic mass is 19.1. The first kappa shape index (κ1) is 14.5. The zero-order valence-electron chi connectivity index (χ0n) is 12.1. The van der Waals surface area contributed by atoms with Gasteiger partial charge in [-0.3, -0.25) is 4.90 Å². The molecule has 19 heavy (non-hydrogen) atoms. The normalized spacial score (nSPS) is 21.3. The lowest BCUT2D eigenvalue weighted by molar-refractivity contribution is 0.254. The maximum atomic E-state index is 13.3. The van der Waals surface area contributed by atoms with Gasteiger partial charge in [0.2, 0.25) is 0 Å². The minimum Gasteiger partial charge on any atom is -0.313 e. The third-order valence-electron chi connectivity index (χ3n) is 3.90. The van der Waals surface area contributed by atoms with Crippen molar-refractivity contribution >= 4 is 0 Å². The number of nitrogens with one attached hydrogen (secondary N) is 1. The Bertz CT molecular complexity index is 406. The minimum absolute atomic E-state index is 0.126. The third-order valence-corrected chi connectivity index (χ3v) is 3.90. The lowest BCUT2D eigenvalue weighted by atomic mass is 10.1. The monoisotopic (exact) mass is 264 g/mol. The summed E-state index contributed by atoms with van der Waals surface area (Å²) in [7, 11) is 0. The summed E-state index contributed by atoms with van der Waals surface area (Å²) in [5.41, 5.74) is 2.31. The fourth-order valence-electron chi connectivity index (χ4n) is 2.81. The molecule has 1 unspecified atom stereocenters. The molecule has 1 heterocycles. The number of hydrogen-bond acceptors (Lipinski definition) is 2. The molecular formula is C16H25FN2. The molecule has 1 aliphatic heterocycles. The quantitative estimate of drug-likeness (QED) is 0.899. The largest absolute Gasteiger partial charge is 0.313 e. The molecule has 2 rings (SSSR count). The summed E-state index contributed by atoms with van der Waals surface area (Å²) < 4.78 is 13.3. The standard InChI is InChI=1S/C16H25FN2/c1-3-5-16-12-19(9-4-8-18-16)11-14-10-15(17)7-6-13(14)2/h6-7,10,16,18H,3-5,8-9,11-12H2,1-2H3. The Balaban J connectivity index is 2.02. The molecule has 0 aromatic heterocycles. The van der Waals surface area contributed by atoms with Crippen molar-refractivity contribution in [2.24, 2.45) is 0 Å². The van der Waals surface area contributed by atoms with Crippen molar-refractivity contribution in [3.63, 3.8) is 0 Å². The van der Waals surface area contributed by atoms with E-state index in [1.165, 1.54) is 24.8 Å². The molecule has 0 aliphatic carbocycles. The highest BCUT2D eigenvalue weighted by Crippen LogP contribution is 2.15. The van der Waals surface area contributed by atoms with Gasteiger partial charge in [-0.1, -0.05) is 19.4 Å². The molecule has 1 aliphatic rings. The molecule has 106 valence electrons. The second-order valence-electron chi connectivity index (χ2n) is 5.60. The molecule has 1 fully saturated rings. The van der Waals surface area contributed by atoms with Crippen LogP contribution in [0.5, 0.6) is 0 Å². The number of benzene rings is 1. The molecule has 1 aromatic rings. The predicted molar refractivity (Wildman–Crippen MR) is 77.7 cm³/mol. The Labute approximate surface area is 116 Å². The zero-order chi connectivity index (χ0) is 13.7. The first-order valence-corrected chi connectivity index (χ1v) is 7.40.